The van der Waals surface area contributed by atoms with Crippen molar-refractivity contribution in [2.75, 3.05) is 5.73 Å². The van der Waals surface area contributed by atoms with Crippen molar-refractivity contribution in [2.24, 2.45) is 0 Å². The van der Waals surface area contributed by atoms with E-state index in [1.807, 2.05) is 0 Å². The van der Waals surface area contributed by atoms with E-state index in [1.165, 1.54) is 0 Å². The molecule has 1 aromatic carbocycles. The van der Waals surface area contributed by atoms with Crippen molar-refractivity contribution < 1.29 is 5.11 Å². The number of benzene rings is 1. The number of halogens is 1. The molecule has 0 unspecified atom stereocenters. The summed E-state index contributed by atoms with van der Waals surface area (Å²) in [6.07, 6.45) is 0. The zero-order valence-corrected chi connectivity index (χ0v) is 7.92. The summed E-state index contributed by atoms with van der Waals surface area (Å²) in [5, 5.41) is 16.5. The number of H-pyrrole nitrogens is 1. The lowest BCUT2D eigenvalue weighted by Gasteiger charge is -2.03. The van der Waals surface area contributed by atoms with E-state index >= 15 is 0 Å². The summed E-state index contributed by atoms with van der Waals surface area (Å²) in [5.41, 5.74) is 6.56. The summed E-state index contributed by atoms with van der Waals surface area (Å²) in [4.78, 5) is 0. The fourth-order valence-electron chi connectivity index (χ4n) is 1.24. The van der Waals surface area contributed by atoms with Crippen LogP contribution in [0.1, 0.15) is 0 Å². The van der Waals surface area contributed by atoms with Gasteiger partial charge in [0.25, 0.3) is 0 Å². The summed E-state index contributed by atoms with van der Waals surface area (Å²) >= 11 is 5.92. The molecule has 4 nitrogen and oxygen atoms in total. The van der Waals surface area contributed by atoms with Gasteiger partial charge in [-0.1, -0.05) is 17.7 Å². The number of nitrogens with zero attached hydrogens (tertiary/aromatic N) is 1. The molecule has 5 heteroatoms. The molecule has 1 heterocycles. The number of hydrogen-bond acceptors (Lipinski definition) is 3. The van der Waals surface area contributed by atoms with Crippen LogP contribution in [-0.4, -0.2) is 15.3 Å². The second-order valence-corrected chi connectivity index (χ2v) is 3.25. The predicted molar refractivity (Wildman–Crippen MR) is 55.1 cm³/mol. The van der Waals surface area contributed by atoms with Crippen LogP contribution in [0.2, 0.25) is 5.02 Å². The van der Waals surface area contributed by atoms with Gasteiger partial charge >= 0.3 is 0 Å². The summed E-state index contributed by atoms with van der Waals surface area (Å²) in [6, 6.07) is 6.52. The molecule has 4 N–H and O–H groups in total. The van der Waals surface area contributed by atoms with Crippen molar-refractivity contribution in [1.82, 2.24) is 10.2 Å². The first-order valence-electron chi connectivity index (χ1n) is 3.97. The number of nitrogens with one attached hydrogen (secondary N) is 1. The van der Waals surface area contributed by atoms with E-state index in [9.17, 15) is 5.11 Å². The van der Waals surface area contributed by atoms with Gasteiger partial charge in [-0.05, 0) is 12.1 Å². The van der Waals surface area contributed by atoms with Crippen molar-refractivity contribution >= 4 is 17.4 Å². The smallest absolute Gasteiger partial charge is 0.145 e. The highest BCUT2D eigenvalue weighted by molar-refractivity contribution is 6.33. The molecule has 0 saturated carbocycles. The van der Waals surface area contributed by atoms with Crippen LogP contribution in [0.4, 0.5) is 5.82 Å². The van der Waals surface area contributed by atoms with E-state index < -0.39 is 0 Å². The highest BCUT2D eigenvalue weighted by Crippen LogP contribution is 2.34. The number of rotatable bonds is 1. The van der Waals surface area contributed by atoms with E-state index in [-0.39, 0.29) is 5.75 Å². The average Bonchev–Trinajstić information content (AvgIpc) is 2.51. The molecule has 0 amide bonds. The van der Waals surface area contributed by atoms with Gasteiger partial charge in [-0.3, -0.25) is 5.10 Å². The van der Waals surface area contributed by atoms with E-state index in [4.69, 9.17) is 17.3 Å². The zero-order chi connectivity index (χ0) is 10.1. The van der Waals surface area contributed by atoms with E-state index in [0.717, 1.165) is 0 Å². The van der Waals surface area contributed by atoms with Gasteiger partial charge in [0, 0.05) is 6.07 Å². The number of hydrogen-bond donors (Lipinski definition) is 3. The van der Waals surface area contributed by atoms with Gasteiger partial charge in [-0.15, -0.1) is 0 Å². The molecule has 0 atom stereocenters. The third-order valence-electron chi connectivity index (χ3n) is 1.86. The first kappa shape index (κ1) is 8.90. The van der Waals surface area contributed by atoms with Crippen LogP contribution in [0.5, 0.6) is 5.75 Å². The Labute approximate surface area is 85.3 Å². The summed E-state index contributed by atoms with van der Waals surface area (Å²) in [5.74, 6) is 0.459. The van der Waals surface area contributed by atoms with Gasteiger partial charge in [-0.25, -0.2) is 0 Å². The van der Waals surface area contributed by atoms with Crippen molar-refractivity contribution in [3.8, 4) is 17.0 Å². The molecule has 14 heavy (non-hydrogen) atoms. The normalized spacial score (nSPS) is 10.4. The Morgan fingerprint density at radius 3 is 2.79 bits per heavy atom. The molecule has 0 radical (unpaired) electrons. The average molecular weight is 210 g/mol. The number of aromatic nitrogens is 2. The Hall–Kier alpha value is -1.68. The topological polar surface area (TPSA) is 74.9 Å². The minimum atomic E-state index is 0.0983. The van der Waals surface area contributed by atoms with Crippen LogP contribution in [0, 0.1) is 0 Å². The van der Waals surface area contributed by atoms with Crippen molar-refractivity contribution in [2.45, 2.75) is 0 Å². The molecule has 0 aliphatic heterocycles. The SMILES string of the molecule is Nc1cc(-c2c(O)cccc2Cl)[nH]n1. The summed E-state index contributed by atoms with van der Waals surface area (Å²) < 4.78 is 0. The van der Waals surface area contributed by atoms with Gasteiger partial charge in [0.1, 0.15) is 11.6 Å². The van der Waals surface area contributed by atoms with Crippen molar-refractivity contribution in [3.05, 3.63) is 29.3 Å². The number of anilines is 1. The van der Waals surface area contributed by atoms with Crippen LogP contribution in [-0.2, 0) is 0 Å². The number of aromatic hydroxyl groups is 1. The lowest BCUT2D eigenvalue weighted by atomic mass is 10.1. The van der Waals surface area contributed by atoms with Gasteiger partial charge in [0.2, 0.25) is 0 Å². The maximum atomic E-state index is 9.58. The Balaban J connectivity index is 2.61. The Kier molecular flexibility index (Phi) is 2.05. The van der Waals surface area contributed by atoms with Gasteiger partial charge in [0.15, 0.2) is 0 Å². The second kappa shape index (κ2) is 3.23. The minimum Gasteiger partial charge on any atom is -0.507 e. The van der Waals surface area contributed by atoms with Gasteiger partial charge in [0.05, 0.1) is 16.3 Å². The molecule has 0 bridgehead atoms. The molecule has 0 spiro atoms. The largest absolute Gasteiger partial charge is 0.507 e. The van der Waals surface area contributed by atoms with Gasteiger partial charge < -0.3 is 10.8 Å². The van der Waals surface area contributed by atoms with Crippen LogP contribution in [0.25, 0.3) is 11.3 Å². The Bertz CT molecular complexity index is 447. The van der Waals surface area contributed by atoms with E-state index in [2.05, 4.69) is 10.2 Å². The summed E-state index contributed by atoms with van der Waals surface area (Å²) in [7, 11) is 0. The highest BCUT2D eigenvalue weighted by atomic mass is 35.5. The zero-order valence-electron chi connectivity index (χ0n) is 7.16. The van der Waals surface area contributed by atoms with E-state index in [1.54, 1.807) is 24.3 Å². The number of phenols is 1. The molecule has 0 aliphatic rings. The van der Waals surface area contributed by atoms with E-state index in [0.29, 0.717) is 22.1 Å². The number of phenolic OH excluding ortho intramolecular Hbond substituents is 1. The van der Waals surface area contributed by atoms with Gasteiger partial charge in [-0.2, -0.15) is 5.10 Å². The quantitative estimate of drug-likeness (QED) is 0.673. The van der Waals surface area contributed by atoms with Crippen LogP contribution in [0.3, 0.4) is 0 Å². The van der Waals surface area contributed by atoms with Crippen molar-refractivity contribution in [1.29, 1.82) is 0 Å². The Morgan fingerprint density at radius 2 is 2.21 bits per heavy atom. The summed E-state index contributed by atoms with van der Waals surface area (Å²) in [6.45, 7) is 0. The molecule has 0 aliphatic carbocycles. The standard InChI is InChI=1S/C9H8ClN3O/c10-5-2-1-3-7(14)9(5)6-4-8(11)13-12-6/h1-4,14H,(H3,11,12,13). The number of nitrogens with two attached hydrogens (primary N) is 1. The fraction of sp³-hybridized carbons (Fsp3) is 0. The highest BCUT2D eigenvalue weighted by Gasteiger charge is 2.10. The molecule has 1 aromatic heterocycles. The maximum Gasteiger partial charge on any atom is 0.145 e. The second-order valence-electron chi connectivity index (χ2n) is 2.84. The van der Waals surface area contributed by atoms with Crippen LogP contribution in [0.15, 0.2) is 24.3 Å². The molecular weight excluding hydrogens is 202 g/mol. The molecule has 2 aromatic rings. The first-order chi connectivity index (χ1) is 6.68. The first-order valence-corrected chi connectivity index (χ1v) is 4.35. The number of nitrogen functional groups attached to an aromatic ring is 1. The molecule has 2 rings (SSSR count). The van der Waals surface area contributed by atoms with Crippen molar-refractivity contribution in [3.63, 3.8) is 0 Å². The molecule has 0 fully saturated rings. The Morgan fingerprint density at radius 1 is 1.43 bits per heavy atom. The number of aromatic amines is 1. The third kappa shape index (κ3) is 1.40. The molecule has 0 saturated heterocycles. The lowest BCUT2D eigenvalue weighted by Crippen LogP contribution is -1.81. The predicted octanol–water partition coefficient (Wildman–Crippen LogP) is 2.02. The lowest BCUT2D eigenvalue weighted by molar-refractivity contribution is 0.477. The molecular formula is C9H8ClN3O. The van der Waals surface area contributed by atoms with Crippen LogP contribution < -0.4 is 5.73 Å². The third-order valence-corrected chi connectivity index (χ3v) is 2.17. The monoisotopic (exact) mass is 209 g/mol. The minimum absolute atomic E-state index is 0.0983. The van der Waals surface area contributed by atoms with Crippen LogP contribution >= 0.6 is 11.6 Å². The molecule has 72 valence electrons. The maximum absolute atomic E-state index is 9.58. The fourth-order valence-corrected chi connectivity index (χ4v) is 1.52.